The summed E-state index contributed by atoms with van der Waals surface area (Å²) >= 11 is 0. The van der Waals surface area contributed by atoms with Gasteiger partial charge in [0.15, 0.2) is 0 Å². The minimum absolute atomic E-state index is 0.0623. The highest BCUT2D eigenvalue weighted by Crippen LogP contribution is 2.24. The van der Waals surface area contributed by atoms with Crippen molar-refractivity contribution in [3.63, 3.8) is 0 Å². The minimum atomic E-state index is -0.519. The molecule has 2 amide bonds. The zero-order valence-electron chi connectivity index (χ0n) is 17.5. The van der Waals surface area contributed by atoms with E-state index in [0.717, 1.165) is 5.75 Å². The van der Waals surface area contributed by atoms with E-state index in [1.54, 1.807) is 20.8 Å². The van der Waals surface area contributed by atoms with Crippen LogP contribution in [0, 0.1) is 0 Å². The van der Waals surface area contributed by atoms with Gasteiger partial charge in [-0.25, -0.2) is 4.79 Å². The lowest BCUT2D eigenvalue weighted by molar-refractivity contribution is -0.121. The maximum atomic E-state index is 11.8. The van der Waals surface area contributed by atoms with Crippen LogP contribution in [-0.4, -0.2) is 37.3 Å². The van der Waals surface area contributed by atoms with Crippen molar-refractivity contribution in [2.24, 2.45) is 0 Å². The summed E-state index contributed by atoms with van der Waals surface area (Å²) in [6.07, 6.45) is 0.435. The van der Waals surface area contributed by atoms with E-state index in [9.17, 15) is 9.59 Å². The van der Waals surface area contributed by atoms with Crippen LogP contribution in [0.5, 0.6) is 5.75 Å². The Balaban J connectivity index is 2.13. The van der Waals surface area contributed by atoms with Gasteiger partial charge in [-0.05, 0) is 50.3 Å². The van der Waals surface area contributed by atoms with Crippen LogP contribution in [0.25, 0.3) is 0 Å². The molecule has 1 aromatic carbocycles. The summed E-state index contributed by atoms with van der Waals surface area (Å²) in [6.45, 7) is 13.2. The molecule has 1 aromatic rings. The van der Waals surface area contributed by atoms with Crippen LogP contribution in [0.15, 0.2) is 24.3 Å². The summed E-state index contributed by atoms with van der Waals surface area (Å²) in [5.74, 6) is 0.728. The van der Waals surface area contributed by atoms with Crippen LogP contribution in [0.4, 0.5) is 4.79 Å². The van der Waals surface area contributed by atoms with Crippen molar-refractivity contribution < 1.29 is 19.1 Å². The molecule has 0 bridgehead atoms. The Kier molecular flexibility index (Phi) is 8.60. The number of carbonyl (C=O) groups excluding carboxylic acids is 2. The third-order valence-electron chi connectivity index (χ3n) is 3.66. The Morgan fingerprint density at radius 2 is 1.56 bits per heavy atom. The van der Waals surface area contributed by atoms with Crippen LogP contribution in [0.3, 0.4) is 0 Å². The van der Waals surface area contributed by atoms with Crippen molar-refractivity contribution in [2.45, 2.75) is 65.4 Å². The van der Waals surface area contributed by atoms with Gasteiger partial charge < -0.3 is 20.1 Å². The van der Waals surface area contributed by atoms with Gasteiger partial charge in [0.25, 0.3) is 0 Å². The molecule has 0 atom stereocenters. The van der Waals surface area contributed by atoms with Gasteiger partial charge in [-0.3, -0.25) is 4.79 Å². The second-order valence-corrected chi connectivity index (χ2v) is 8.51. The van der Waals surface area contributed by atoms with Crippen molar-refractivity contribution in [2.75, 3.05) is 19.7 Å². The molecule has 1 rings (SSSR count). The Labute approximate surface area is 163 Å². The van der Waals surface area contributed by atoms with Gasteiger partial charge in [-0.2, -0.15) is 0 Å². The molecular weight excluding hydrogens is 344 g/mol. The number of hydrogen-bond acceptors (Lipinski definition) is 4. The van der Waals surface area contributed by atoms with Gasteiger partial charge in [-0.1, -0.05) is 32.9 Å². The van der Waals surface area contributed by atoms with Gasteiger partial charge in [0.1, 0.15) is 18.0 Å². The molecule has 0 saturated carbocycles. The van der Waals surface area contributed by atoms with E-state index in [0.29, 0.717) is 32.5 Å². The van der Waals surface area contributed by atoms with Gasteiger partial charge in [-0.15, -0.1) is 0 Å². The van der Waals surface area contributed by atoms with Crippen molar-refractivity contribution in [1.82, 2.24) is 10.6 Å². The maximum Gasteiger partial charge on any atom is 0.407 e. The average Bonchev–Trinajstić information content (AvgIpc) is 2.53. The number of amides is 2. The lowest BCUT2D eigenvalue weighted by Gasteiger charge is -2.19. The Bertz CT molecular complexity index is 598. The molecule has 27 heavy (non-hydrogen) atoms. The SMILES string of the molecule is CC(C)(C)OC(=O)NCCCC(=O)NCCOc1ccc(C(C)(C)C)cc1. The molecule has 0 aromatic heterocycles. The van der Waals surface area contributed by atoms with Crippen LogP contribution in [0.2, 0.25) is 0 Å². The van der Waals surface area contributed by atoms with E-state index in [-0.39, 0.29) is 11.3 Å². The zero-order chi connectivity index (χ0) is 20.5. The smallest absolute Gasteiger partial charge is 0.407 e. The molecule has 6 heteroatoms. The lowest BCUT2D eigenvalue weighted by atomic mass is 9.87. The molecule has 0 saturated heterocycles. The summed E-state index contributed by atoms with van der Waals surface area (Å²) < 4.78 is 10.8. The van der Waals surface area contributed by atoms with Crippen LogP contribution >= 0.6 is 0 Å². The summed E-state index contributed by atoms with van der Waals surface area (Å²) in [6, 6.07) is 8.02. The average molecular weight is 379 g/mol. The fourth-order valence-electron chi connectivity index (χ4n) is 2.25. The highest BCUT2D eigenvalue weighted by atomic mass is 16.6. The summed E-state index contributed by atoms with van der Waals surface area (Å²) in [5, 5.41) is 5.44. The normalized spacial score (nSPS) is 11.6. The predicted octanol–water partition coefficient (Wildman–Crippen LogP) is 3.78. The van der Waals surface area contributed by atoms with Gasteiger partial charge >= 0.3 is 6.09 Å². The fourth-order valence-corrected chi connectivity index (χ4v) is 2.25. The van der Waals surface area contributed by atoms with Crippen molar-refractivity contribution >= 4 is 12.0 Å². The van der Waals surface area contributed by atoms with E-state index in [4.69, 9.17) is 9.47 Å². The Morgan fingerprint density at radius 3 is 2.11 bits per heavy atom. The highest BCUT2D eigenvalue weighted by molar-refractivity contribution is 5.75. The number of ether oxygens (including phenoxy) is 2. The van der Waals surface area contributed by atoms with E-state index in [1.165, 1.54) is 5.56 Å². The van der Waals surface area contributed by atoms with Crippen LogP contribution in [0.1, 0.15) is 59.9 Å². The zero-order valence-corrected chi connectivity index (χ0v) is 17.5. The standard InChI is InChI=1S/C21H34N2O4/c1-20(2,3)16-9-11-17(12-10-16)26-15-14-22-18(24)8-7-13-23-19(25)27-21(4,5)6/h9-12H,7-8,13-15H2,1-6H3,(H,22,24)(H,23,25). The van der Waals surface area contributed by atoms with Crippen LogP contribution in [-0.2, 0) is 14.9 Å². The van der Waals surface area contributed by atoms with Crippen molar-refractivity contribution in [1.29, 1.82) is 0 Å². The number of hydrogen-bond donors (Lipinski definition) is 2. The molecule has 0 fully saturated rings. The topological polar surface area (TPSA) is 76.7 Å². The molecule has 6 nitrogen and oxygen atoms in total. The summed E-state index contributed by atoms with van der Waals surface area (Å²) in [5.41, 5.74) is 0.850. The molecule has 0 radical (unpaired) electrons. The quantitative estimate of drug-likeness (QED) is 0.675. The first-order valence-corrected chi connectivity index (χ1v) is 9.44. The van der Waals surface area contributed by atoms with Crippen molar-refractivity contribution in [3.05, 3.63) is 29.8 Å². The molecule has 0 heterocycles. The van der Waals surface area contributed by atoms with Gasteiger partial charge in [0.2, 0.25) is 5.91 Å². The number of rotatable bonds is 8. The molecular formula is C21H34N2O4. The number of nitrogens with one attached hydrogen (secondary N) is 2. The Hall–Kier alpha value is -2.24. The lowest BCUT2D eigenvalue weighted by Crippen LogP contribution is -2.33. The highest BCUT2D eigenvalue weighted by Gasteiger charge is 2.15. The van der Waals surface area contributed by atoms with E-state index < -0.39 is 11.7 Å². The largest absolute Gasteiger partial charge is 0.492 e. The molecule has 152 valence electrons. The molecule has 0 aliphatic heterocycles. The van der Waals surface area contributed by atoms with E-state index in [2.05, 4.69) is 43.5 Å². The summed E-state index contributed by atoms with van der Waals surface area (Å²) in [4.78, 5) is 23.2. The first-order valence-electron chi connectivity index (χ1n) is 9.44. The molecule has 0 aliphatic rings. The predicted molar refractivity (Wildman–Crippen MR) is 107 cm³/mol. The van der Waals surface area contributed by atoms with Crippen LogP contribution < -0.4 is 15.4 Å². The second-order valence-electron chi connectivity index (χ2n) is 8.51. The second kappa shape index (κ2) is 10.2. The molecule has 2 N–H and O–H groups in total. The first kappa shape index (κ1) is 22.8. The third-order valence-corrected chi connectivity index (χ3v) is 3.66. The minimum Gasteiger partial charge on any atom is -0.492 e. The van der Waals surface area contributed by atoms with E-state index in [1.807, 2.05) is 12.1 Å². The summed E-state index contributed by atoms with van der Waals surface area (Å²) in [7, 11) is 0. The van der Waals surface area contributed by atoms with Gasteiger partial charge in [0.05, 0.1) is 6.54 Å². The molecule has 0 aliphatic carbocycles. The van der Waals surface area contributed by atoms with Crippen molar-refractivity contribution in [3.8, 4) is 5.75 Å². The first-order chi connectivity index (χ1) is 12.5. The number of carbonyl (C=O) groups is 2. The Morgan fingerprint density at radius 1 is 0.926 bits per heavy atom. The van der Waals surface area contributed by atoms with E-state index >= 15 is 0 Å². The number of alkyl carbamates (subject to hydrolysis) is 1. The maximum absolute atomic E-state index is 11.8. The van der Waals surface area contributed by atoms with Gasteiger partial charge in [0, 0.05) is 13.0 Å². The third kappa shape index (κ3) is 10.5. The fraction of sp³-hybridized carbons (Fsp3) is 0.619. The molecule has 0 unspecified atom stereocenters. The molecule has 0 spiro atoms. The monoisotopic (exact) mass is 378 g/mol. The number of benzene rings is 1.